The normalized spacial score (nSPS) is 20.9. The molecule has 0 aliphatic carbocycles. The van der Waals surface area contributed by atoms with E-state index >= 15 is 0 Å². The Morgan fingerprint density at radius 1 is 1.11 bits per heavy atom. The Morgan fingerprint density at radius 2 is 2.03 bits per heavy atom. The smallest absolute Gasteiger partial charge is 0.267 e. The van der Waals surface area contributed by atoms with E-state index in [9.17, 15) is 4.79 Å². The van der Waals surface area contributed by atoms with Crippen LogP contribution in [0.5, 0.6) is 0 Å². The molecule has 2 saturated heterocycles. The maximum absolute atomic E-state index is 11.9. The van der Waals surface area contributed by atoms with Gasteiger partial charge in [-0.1, -0.05) is 42.5 Å². The first-order valence-electron chi connectivity index (χ1n) is 12.3. The molecule has 1 amide bonds. The fourth-order valence-corrected chi connectivity index (χ4v) is 4.60. The zero-order valence-corrected chi connectivity index (χ0v) is 19.7. The first kappa shape index (κ1) is 23.4. The molecule has 5 rings (SSSR count). The number of nitrogens with one attached hydrogen (secondary N) is 2. The van der Waals surface area contributed by atoms with Crippen molar-refractivity contribution < 1.29 is 14.4 Å². The molecule has 1 unspecified atom stereocenters. The number of ether oxygens (including phenoxy) is 1. The van der Waals surface area contributed by atoms with Gasteiger partial charge in [-0.2, -0.15) is 0 Å². The number of rotatable bonds is 8. The highest BCUT2D eigenvalue weighted by Crippen LogP contribution is 2.23. The van der Waals surface area contributed by atoms with Gasteiger partial charge in [-0.15, -0.1) is 0 Å². The highest BCUT2D eigenvalue weighted by Gasteiger charge is 2.23. The molecule has 2 aliphatic heterocycles. The van der Waals surface area contributed by atoms with Gasteiger partial charge < -0.3 is 10.1 Å². The Balaban J connectivity index is 1.08. The number of carbonyl (C=O) groups is 1. The molecule has 2 atom stereocenters. The number of aromatic nitrogens is 2. The van der Waals surface area contributed by atoms with Crippen molar-refractivity contribution in [3.05, 3.63) is 72.2 Å². The molecule has 3 heterocycles. The molecule has 35 heavy (non-hydrogen) atoms. The van der Waals surface area contributed by atoms with Crippen LogP contribution in [0.4, 0.5) is 5.82 Å². The third-order valence-electron chi connectivity index (χ3n) is 6.40. The van der Waals surface area contributed by atoms with E-state index in [4.69, 9.17) is 9.57 Å². The zero-order chi connectivity index (χ0) is 23.9. The number of carbonyl (C=O) groups excluding carboxylic acids is 1. The van der Waals surface area contributed by atoms with Crippen molar-refractivity contribution >= 4 is 28.6 Å². The summed E-state index contributed by atoms with van der Waals surface area (Å²) in [5, 5.41) is 6.10. The average molecular weight is 474 g/mol. The third kappa shape index (κ3) is 6.42. The molecule has 3 aromatic rings. The van der Waals surface area contributed by atoms with E-state index < -0.39 is 0 Å². The van der Waals surface area contributed by atoms with E-state index in [1.54, 1.807) is 18.5 Å². The van der Waals surface area contributed by atoms with E-state index in [2.05, 4.69) is 68.1 Å². The summed E-state index contributed by atoms with van der Waals surface area (Å²) >= 11 is 0. The highest BCUT2D eigenvalue weighted by atomic mass is 16.8. The molecule has 2 fully saturated rings. The van der Waals surface area contributed by atoms with E-state index in [-0.39, 0.29) is 12.2 Å². The molecule has 2 aliphatic rings. The minimum atomic E-state index is -0.371. The van der Waals surface area contributed by atoms with Crippen molar-refractivity contribution in [2.75, 3.05) is 25.0 Å². The van der Waals surface area contributed by atoms with Crippen molar-refractivity contribution in [1.29, 1.82) is 0 Å². The predicted octanol–water partition coefficient (Wildman–Crippen LogP) is 3.90. The van der Waals surface area contributed by atoms with Crippen LogP contribution in [0.3, 0.4) is 0 Å². The zero-order valence-electron chi connectivity index (χ0n) is 19.7. The highest BCUT2D eigenvalue weighted by molar-refractivity contribution is 5.90. The second-order valence-corrected chi connectivity index (χ2v) is 9.04. The van der Waals surface area contributed by atoms with Gasteiger partial charge in [-0.05, 0) is 41.7 Å². The van der Waals surface area contributed by atoms with Crippen molar-refractivity contribution in [1.82, 2.24) is 20.3 Å². The van der Waals surface area contributed by atoms with Crippen LogP contribution in [-0.2, 0) is 20.9 Å². The topological polar surface area (TPSA) is 88.6 Å². The van der Waals surface area contributed by atoms with Crippen LogP contribution in [0.1, 0.15) is 36.9 Å². The van der Waals surface area contributed by atoms with Gasteiger partial charge in [-0.25, -0.2) is 15.3 Å². The maximum Gasteiger partial charge on any atom is 0.267 e. The van der Waals surface area contributed by atoms with Crippen LogP contribution in [0.15, 0.2) is 60.9 Å². The molecule has 0 saturated carbocycles. The fourth-order valence-electron chi connectivity index (χ4n) is 4.60. The lowest BCUT2D eigenvalue weighted by atomic mass is 10.0. The SMILES string of the molecule is O=C(C=Cc1cnc(N[C@@H]2CCN(Cc3cccc4ccccc34)C2)cn1)NOC1CCCCO1. The van der Waals surface area contributed by atoms with E-state index in [0.29, 0.717) is 18.3 Å². The number of nitrogens with zero attached hydrogens (tertiary/aromatic N) is 3. The molecule has 2 N–H and O–H groups in total. The summed E-state index contributed by atoms with van der Waals surface area (Å²) in [5.74, 6) is 0.377. The Labute approximate surface area is 205 Å². The Morgan fingerprint density at radius 3 is 2.89 bits per heavy atom. The van der Waals surface area contributed by atoms with E-state index in [1.807, 2.05) is 0 Å². The lowest BCUT2D eigenvalue weighted by molar-refractivity contribution is -0.198. The number of amides is 1. The molecule has 8 nitrogen and oxygen atoms in total. The Hall–Kier alpha value is -3.33. The van der Waals surface area contributed by atoms with Crippen LogP contribution >= 0.6 is 0 Å². The Bertz CT molecular complexity index is 1160. The van der Waals surface area contributed by atoms with Crippen molar-refractivity contribution in [3.63, 3.8) is 0 Å². The predicted molar refractivity (Wildman–Crippen MR) is 135 cm³/mol. The van der Waals surface area contributed by atoms with Gasteiger partial charge in [-0.3, -0.25) is 14.7 Å². The molecular weight excluding hydrogens is 442 g/mol. The van der Waals surface area contributed by atoms with Crippen LogP contribution in [0, 0.1) is 0 Å². The van der Waals surface area contributed by atoms with Crippen LogP contribution in [0.2, 0.25) is 0 Å². The standard InChI is InChI=1S/C27H31N5O3/c33-26(31-35-27-10-3-4-15-34-27)12-11-22-16-29-25(17-28-22)30-23-13-14-32(19-23)18-21-8-5-7-20-6-1-2-9-24(20)21/h1-2,5-9,11-12,16-17,23,27H,3-4,10,13-15,18-19H2,(H,29,30)(H,31,33)/t23-,27?/m1/s1. The molecular formula is C27H31N5O3. The largest absolute Gasteiger partial charge is 0.365 e. The Kier molecular flexibility index (Phi) is 7.62. The monoisotopic (exact) mass is 473 g/mol. The third-order valence-corrected chi connectivity index (χ3v) is 6.40. The van der Waals surface area contributed by atoms with Crippen LogP contribution in [0.25, 0.3) is 16.8 Å². The first-order valence-corrected chi connectivity index (χ1v) is 12.3. The fraction of sp³-hybridized carbons (Fsp3) is 0.370. The van der Waals surface area contributed by atoms with Crippen molar-refractivity contribution in [2.45, 2.75) is 44.6 Å². The summed E-state index contributed by atoms with van der Waals surface area (Å²) in [7, 11) is 0. The number of hydrogen-bond donors (Lipinski definition) is 2. The molecule has 0 bridgehead atoms. The van der Waals surface area contributed by atoms with Crippen molar-refractivity contribution in [3.8, 4) is 0 Å². The molecule has 0 radical (unpaired) electrons. The molecule has 8 heteroatoms. The van der Waals surface area contributed by atoms with Gasteiger partial charge in [0.05, 0.1) is 18.1 Å². The number of hydrogen-bond acceptors (Lipinski definition) is 7. The number of hydroxylamine groups is 1. The summed E-state index contributed by atoms with van der Waals surface area (Å²) in [4.78, 5) is 28.5. The van der Waals surface area contributed by atoms with Gasteiger partial charge in [0.25, 0.3) is 5.91 Å². The number of likely N-dealkylation sites (tertiary alicyclic amines) is 1. The van der Waals surface area contributed by atoms with Gasteiger partial charge >= 0.3 is 0 Å². The quantitative estimate of drug-likeness (QED) is 0.379. The lowest BCUT2D eigenvalue weighted by Gasteiger charge is -2.21. The summed E-state index contributed by atoms with van der Waals surface area (Å²) in [5.41, 5.74) is 4.36. The van der Waals surface area contributed by atoms with Crippen molar-refractivity contribution in [2.24, 2.45) is 0 Å². The number of benzene rings is 2. The van der Waals surface area contributed by atoms with E-state index in [1.165, 1.54) is 22.4 Å². The van der Waals surface area contributed by atoms with Gasteiger partial charge in [0.1, 0.15) is 5.82 Å². The van der Waals surface area contributed by atoms with Gasteiger partial charge in [0, 0.05) is 44.8 Å². The second kappa shape index (κ2) is 11.4. The first-order chi connectivity index (χ1) is 17.2. The second-order valence-electron chi connectivity index (χ2n) is 9.04. The molecule has 1 aromatic heterocycles. The minimum absolute atomic E-state index is 0.325. The summed E-state index contributed by atoms with van der Waals surface area (Å²) in [6.45, 7) is 3.60. The number of anilines is 1. The minimum Gasteiger partial charge on any atom is -0.365 e. The van der Waals surface area contributed by atoms with Crippen LogP contribution in [-0.4, -0.2) is 52.8 Å². The van der Waals surface area contributed by atoms with Gasteiger partial charge in [0.2, 0.25) is 0 Å². The molecule has 0 spiro atoms. The summed E-state index contributed by atoms with van der Waals surface area (Å²) in [6, 6.07) is 15.4. The molecule has 2 aromatic carbocycles. The summed E-state index contributed by atoms with van der Waals surface area (Å²) in [6.07, 6.45) is 9.88. The van der Waals surface area contributed by atoms with Crippen LogP contribution < -0.4 is 10.8 Å². The molecule has 182 valence electrons. The van der Waals surface area contributed by atoms with Gasteiger partial charge in [0.15, 0.2) is 6.29 Å². The lowest BCUT2D eigenvalue weighted by Crippen LogP contribution is -2.32. The maximum atomic E-state index is 11.9. The summed E-state index contributed by atoms with van der Waals surface area (Å²) < 4.78 is 5.42. The van der Waals surface area contributed by atoms with E-state index in [0.717, 1.165) is 51.1 Å². The number of fused-ring (bicyclic) bond motifs is 1. The average Bonchev–Trinajstić information content (AvgIpc) is 3.34.